The summed E-state index contributed by atoms with van der Waals surface area (Å²) in [5, 5.41) is 0. The van der Waals surface area contributed by atoms with Crippen molar-refractivity contribution in [1.82, 2.24) is 0 Å². The van der Waals surface area contributed by atoms with Crippen molar-refractivity contribution in [1.29, 1.82) is 0 Å². The maximum Gasteiger partial charge on any atom is 0.0940 e. The van der Waals surface area contributed by atoms with Gasteiger partial charge in [-0.05, 0) is 31.6 Å². The number of hydrogen-bond acceptors (Lipinski definition) is 3. The van der Waals surface area contributed by atoms with Crippen molar-refractivity contribution in [3.63, 3.8) is 0 Å². The van der Waals surface area contributed by atoms with Crippen molar-refractivity contribution >= 4 is 0 Å². The van der Waals surface area contributed by atoms with E-state index >= 15 is 0 Å². The van der Waals surface area contributed by atoms with E-state index in [1.54, 1.807) is 0 Å². The molecule has 3 nitrogen and oxygen atoms in total. The highest BCUT2D eigenvalue weighted by atomic mass is 16.6. The molecule has 0 aromatic heterocycles. The lowest BCUT2D eigenvalue weighted by atomic mass is 9.70. The van der Waals surface area contributed by atoms with Gasteiger partial charge >= 0.3 is 0 Å². The fourth-order valence-corrected chi connectivity index (χ4v) is 4.18. The summed E-state index contributed by atoms with van der Waals surface area (Å²) < 4.78 is 11.6. The normalized spacial score (nSPS) is 40.8. The molecule has 0 aromatic carbocycles. The first-order chi connectivity index (χ1) is 8.73. The van der Waals surface area contributed by atoms with E-state index in [0.717, 1.165) is 39.1 Å². The molecule has 2 heterocycles. The molecule has 0 amide bonds. The molecule has 2 aliphatic heterocycles. The average Bonchev–Trinajstić information content (AvgIpc) is 2.69. The van der Waals surface area contributed by atoms with Crippen LogP contribution in [0.1, 0.15) is 57.8 Å². The third kappa shape index (κ3) is 2.45. The molecule has 0 aromatic rings. The average molecular weight is 253 g/mol. The highest BCUT2D eigenvalue weighted by Crippen LogP contribution is 2.43. The van der Waals surface area contributed by atoms with E-state index in [0.29, 0.717) is 5.92 Å². The minimum atomic E-state index is 0.0155. The van der Waals surface area contributed by atoms with E-state index in [2.05, 4.69) is 0 Å². The highest BCUT2D eigenvalue weighted by molar-refractivity contribution is 5.00. The van der Waals surface area contributed by atoms with E-state index in [-0.39, 0.29) is 11.1 Å². The van der Waals surface area contributed by atoms with Gasteiger partial charge in [-0.25, -0.2) is 0 Å². The molecule has 3 aliphatic rings. The maximum atomic E-state index is 6.79. The fraction of sp³-hybridized carbons (Fsp3) is 1.00. The molecule has 104 valence electrons. The molecule has 2 N–H and O–H groups in total. The summed E-state index contributed by atoms with van der Waals surface area (Å²) >= 11 is 0. The van der Waals surface area contributed by atoms with Crippen LogP contribution in [0.2, 0.25) is 0 Å². The molecular weight excluding hydrogens is 226 g/mol. The number of nitrogens with two attached hydrogens (primary N) is 1. The van der Waals surface area contributed by atoms with Gasteiger partial charge in [-0.15, -0.1) is 0 Å². The second kappa shape index (κ2) is 5.10. The Labute approximate surface area is 110 Å². The predicted octanol–water partition coefficient (Wildman–Crippen LogP) is 2.62. The highest BCUT2D eigenvalue weighted by Gasteiger charge is 2.46. The Kier molecular flexibility index (Phi) is 3.65. The Morgan fingerprint density at radius 3 is 2.39 bits per heavy atom. The van der Waals surface area contributed by atoms with Gasteiger partial charge in [0.05, 0.1) is 12.2 Å². The van der Waals surface area contributed by atoms with Crippen molar-refractivity contribution in [3.8, 4) is 0 Å². The molecule has 3 fully saturated rings. The zero-order valence-electron chi connectivity index (χ0n) is 11.5. The summed E-state index contributed by atoms with van der Waals surface area (Å²) in [6.07, 6.45) is 11.2. The number of ether oxygens (including phenoxy) is 2. The first kappa shape index (κ1) is 12.9. The van der Waals surface area contributed by atoms with Crippen LogP contribution in [-0.2, 0) is 9.47 Å². The lowest BCUT2D eigenvalue weighted by molar-refractivity contribution is -0.110. The van der Waals surface area contributed by atoms with Crippen molar-refractivity contribution < 1.29 is 9.47 Å². The summed E-state index contributed by atoms with van der Waals surface area (Å²) in [4.78, 5) is 0. The van der Waals surface area contributed by atoms with Gasteiger partial charge in [-0.1, -0.05) is 25.7 Å². The van der Waals surface area contributed by atoms with Crippen LogP contribution in [0.5, 0.6) is 0 Å². The SMILES string of the molecule is NC1(C2CCOC3(CCOC3)C2)CCCCCC1. The molecule has 1 spiro atoms. The van der Waals surface area contributed by atoms with Crippen LogP contribution in [0, 0.1) is 5.92 Å². The molecule has 3 rings (SSSR count). The van der Waals surface area contributed by atoms with Gasteiger partial charge in [0.15, 0.2) is 0 Å². The van der Waals surface area contributed by atoms with Crippen LogP contribution in [-0.4, -0.2) is 31.0 Å². The minimum Gasteiger partial charge on any atom is -0.378 e. The van der Waals surface area contributed by atoms with Crippen LogP contribution in [0.15, 0.2) is 0 Å². The Morgan fingerprint density at radius 2 is 1.72 bits per heavy atom. The summed E-state index contributed by atoms with van der Waals surface area (Å²) in [7, 11) is 0. The zero-order valence-corrected chi connectivity index (χ0v) is 11.5. The number of hydrogen-bond donors (Lipinski definition) is 1. The quantitative estimate of drug-likeness (QED) is 0.731. The first-order valence-corrected chi connectivity index (χ1v) is 7.73. The Hall–Kier alpha value is -0.120. The molecular formula is C15H27NO2. The number of rotatable bonds is 1. The lowest BCUT2D eigenvalue weighted by Gasteiger charge is -2.45. The second-order valence-electron chi connectivity index (χ2n) is 6.67. The van der Waals surface area contributed by atoms with E-state index in [1.807, 2.05) is 0 Å². The molecule has 2 unspecified atom stereocenters. The van der Waals surface area contributed by atoms with Crippen molar-refractivity contribution in [2.75, 3.05) is 19.8 Å². The molecule has 2 atom stereocenters. The van der Waals surface area contributed by atoms with Crippen LogP contribution < -0.4 is 5.73 Å². The molecule has 1 saturated carbocycles. The lowest BCUT2D eigenvalue weighted by Crippen LogP contribution is -2.53. The third-order valence-electron chi connectivity index (χ3n) is 5.41. The smallest absolute Gasteiger partial charge is 0.0940 e. The van der Waals surface area contributed by atoms with Gasteiger partial charge < -0.3 is 15.2 Å². The minimum absolute atomic E-state index is 0.0155. The second-order valence-corrected chi connectivity index (χ2v) is 6.67. The van der Waals surface area contributed by atoms with Crippen molar-refractivity contribution in [2.24, 2.45) is 11.7 Å². The third-order valence-corrected chi connectivity index (χ3v) is 5.41. The predicted molar refractivity (Wildman–Crippen MR) is 71.5 cm³/mol. The van der Waals surface area contributed by atoms with Gasteiger partial charge in [-0.2, -0.15) is 0 Å². The van der Waals surface area contributed by atoms with Gasteiger partial charge in [0, 0.05) is 25.2 Å². The zero-order chi connectivity index (χ0) is 12.5. The van der Waals surface area contributed by atoms with Gasteiger partial charge in [0.25, 0.3) is 0 Å². The van der Waals surface area contributed by atoms with Crippen molar-refractivity contribution in [2.45, 2.75) is 68.9 Å². The topological polar surface area (TPSA) is 44.5 Å². The molecule has 1 aliphatic carbocycles. The summed E-state index contributed by atoms with van der Waals surface area (Å²) in [5.41, 5.74) is 6.88. The van der Waals surface area contributed by atoms with Crippen LogP contribution in [0.25, 0.3) is 0 Å². The van der Waals surface area contributed by atoms with Crippen LogP contribution in [0.4, 0.5) is 0 Å². The van der Waals surface area contributed by atoms with Gasteiger partial charge in [0.2, 0.25) is 0 Å². The monoisotopic (exact) mass is 253 g/mol. The molecule has 3 heteroatoms. The van der Waals surface area contributed by atoms with E-state index in [9.17, 15) is 0 Å². The Morgan fingerprint density at radius 1 is 0.944 bits per heavy atom. The maximum absolute atomic E-state index is 6.79. The largest absolute Gasteiger partial charge is 0.378 e. The van der Waals surface area contributed by atoms with Crippen LogP contribution >= 0.6 is 0 Å². The van der Waals surface area contributed by atoms with Crippen molar-refractivity contribution in [3.05, 3.63) is 0 Å². The Bertz CT molecular complexity index is 278. The van der Waals surface area contributed by atoms with Gasteiger partial charge in [0.1, 0.15) is 0 Å². The van der Waals surface area contributed by atoms with E-state index in [1.165, 1.54) is 38.5 Å². The molecule has 18 heavy (non-hydrogen) atoms. The Balaban J connectivity index is 1.70. The molecule has 0 bridgehead atoms. The van der Waals surface area contributed by atoms with E-state index < -0.39 is 0 Å². The standard InChI is InChI=1S/C15H27NO2/c16-15(6-3-1-2-4-7-15)13-5-9-18-14(11-13)8-10-17-12-14/h13H,1-12,16H2. The fourth-order valence-electron chi connectivity index (χ4n) is 4.18. The summed E-state index contributed by atoms with van der Waals surface area (Å²) in [6, 6.07) is 0. The molecule has 0 radical (unpaired) electrons. The summed E-state index contributed by atoms with van der Waals surface area (Å²) in [6.45, 7) is 2.54. The van der Waals surface area contributed by atoms with Crippen LogP contribution in [0.3, 0.4) is 0 Å². The van der Waals surface area contributed by atoms with E-state index in [4.69, 9.17) is 15.2 Å². The summed E-state index contributed by atoms with van der Waals surface area (Å²) in [5.74, 6) is 0.644. The van der Waals surface area contributed by atoms with Gasteiger partial charge in [-0.3, -0.25) is 0 Å². The first-order valence-electron chi connectivity index (χ1n) is 7.73. The molecule has 2 saturated heterocycles.